The van der Waals surface area contributed by atoms with Gasteiger partial charge in [0.1, 0.15) is 17.1 Å². The number of alkyl halides is 3. The van der Waals surface area contributed by atoms with E-state index in [-0.39, 0.29) is 17.7 Å². The normalized spacial score (nSPS) is 15.8. The molecule has 1 aromatic carbocycles. The number of carbonyl (C=O) groups excluding carboxylic acids is 1. The first-order valence-electron chi connectivity index (χ1n) is 12.7. The number of piperidine rings is 1. The lowest BCUT2D eigenvalue weighted by molar-refractivity contribution is -0.274. The van der Waals surface area contributed by atoms with E-state index in [1.165, 1.54) is 17.7 Å². The Hall–Kier alpha value is -3.05. The van der Waals surface area contributed by atoms with E-state index in [4.69, 9.17) is 4.52 Å². The number of anilines is 1. The number of amides is 1. The molecule has 1 aliphatic rings. The van der Waals surface area contributed by atoms with Gasteiger partial charge in [0.05, 0.1) is 5.69 Å². The van der Waals surface area contributed by atoms with Crippen LogP contribution in [0.2, 0.25) is 0 Å². The van der Waals surface area contributed by atoms with E-state index < -0.39 is 6.36 Å². The van der Waals surface area contributed by atoms with Gasteiger partial charge in [0, 0.05) is 44.0 Å². The minimum Gasteiger partial charge on any atom is -0.406 e. The van der Waals surface area contributed by atoms with Gasteiger partial charge in [-0.1, -0.05) is 5.16 Å². The molecule has 0 bridgehead atoms. The maximum absolute atomic E-state index is 12.6. The second-order valence-corrected chi connectivity index (χ2v) is 10.4. The molecular formula is C27H33F3N4O3S. The molecule has 0 saturated carbocycles. The maximum atomic E-state index is 12.6. The molecule has 11 heteroatoms. The Labute approximate surface area is 224 Å². The van der Waals surface area contributed by atoms with Crippen LogP contribution in [0.3, 0.4) is 0 Å². The van der Waals surface area contributed by atoms with Crippen LogP contribution in [0.5, 0.6) is 5.75 Å². The van der Waals surface area contributed by atoms with Gasteiger partial charge in [0.25, 0.3) is 5.91 Å². The number of hydrogen-bond acceptors (Lipinski definition) is 7. The number of aromatic nitrogens is 1. The van der Waals surface area contributed by atoms with E-state index in [1.54, 1.807) is 37.3 Å². The molecule has 3 heterocycles. The van der Waals surface area contributed by atoms with Crippen LogP contribution in [-0.4, -0.2) is 54.0 Å². The van der Waals surface area contributed by atoms with Gasteiger partial charge in [-0.15, -0.1) is 13.2 Å². The van der Waals surface area contributed by atoms with E-state index in [9.17, 15) is 18.0 Å². The summed E-state index contributed by atoms with van der Waals surface area (Å²) in [7, 11) is 0. The van der Waals surface area contributed by atoms with E-state index in [2.05, 4.69) is 43.4 Å². The molecular weight excluding hydrogens is 517 g/mol. The number of rotatable bonds is 10. The molecule has 3 aromatic rings. The number of nitrogens with zero attached hydrogens (tertiary/aromatic N) is 3. The molecule has 4 rings (SSSR count). The second-order valence-electron chi connectivity index (χ2n) is 9.66. The predicted octanol–water partition coefficient (Wildman–Crippen LogP) is 5.93. The topological polar surface area (TPSA) is 70.8 Å². The van der Waals surface area contributed by atoms with Crippen LogP contribution >= 0.6 is 11.3 Å². The van der Waals surface area contributed by atoms with Crippen molar-refractivity contribution in [3.05, 3.63) is 63.7 Å². The van der Waals surface area contributed by atoms with Gasteiger partial charge >= 0.3 is 6.36 Å². The summed E-state index contributed by atoms with van der Waals surface area (Å²) in [6.07, 6.45) is -2.03. The summed E-state index contributed by atoms with van der Waals surface area (Å²) >= 11 is 1.63. The van der Waals surface area contributed by atoms with Crippen molar-refractivity contribution < 1.29 is 27.2 Å². The number of nitrogens with one attached hydrogen (secondary N) is 1. The quantitative estimate of drug-likeness (QED) is 0.337. The third kappa shape index (κ3) is 7.28. The van der Waals surface area contributed by atoms with E-state index in [1.807, 2.05) is 5.38 Å². The third-order valence-electron chi connectivity index (χ3n) is 7.01. The van der Waals surface area contributed by atoms with Crippen molar-refractivity contribution in [3.8, 4) is 5.75 Å². The van der Waals surface area contributed by atoms with Crippen molar-refractivity contribution in [3.63, 3.8) is 0 Å². The largest absolute Gasteiger partial charge is 0.573 e. The Morgan fingerprint density at radius 1 is 1.24 bits per heavy atom. The lowest BCUT2D eigenvalue weighted by Crippen LogP contribution is -2.48. The Kier molecular flexibility index (Phi) is 8.99. The zero-order valence-corrected chi connectivity index (χ0v) is 22.6. The standard InChI is InChI=1S/C27H33F3N4O3S/c1-18(8-12-31-26(35)25-19(2)32-37-20(25)3)33-13-9-23(10-14-33)34(16-21-11-15-38-17-21)22-4-6-24(7-5-22)36-27(28,29)30/h4-7,11,15,17-18,23H,8-10,12-14,16H2,1-3H3,(H,31,35)/t18-/m1/s1. The smallest absolute Gasteiger partial charge is 0.406 e. The number of ether oxygens (including phenoxy) is 1. The van der Waals surface area contributed by atoms with Crippen LogP contribution in [-0.2, 0) is 6.54 Å². The minimum atomic E-state index is -4.71. The highest BCUT2D eigenvalue weighted by Crippen LogP contribution is 2.30. The second kappa shape index (κ2) is 12.2. The molecule has 7 nitrogen and oxygen atoms in total. The molecule has 1 amide bonds. The molecule has 2 aromatic heterocycles. The summed E-state index contributed by atoms with van der Waals surface area (Å²) in [6, 6.07) is 8.77. The summed E-state index contributed by atoms with van der Waals surface area (Å²) in [6.45, 7) is 8.71. The fraction of sp³-hybridized carbons (Fsp3) is 0.481. The van der Waals surface area contributed by atoms with Gasteiger partial charge in [-0.05, 0) is 86.7 Å². The first kappa shape index (κ1) is 28.0. The molecule has 38 heavy (non-hydrogen) atoms. The van der Waals surface area contributed by atoms with E-state index in [0.29, 0.717) is 36.1 Å². The van der Waals surface area contributed by atoms with Crippen LogP contribution in [0.4, 0.5) is 18.9 Å². The van der Waals surface area contributed by atoms with Gasteiger partial charge < -0.3 is 24.4 Å². The fourth-order valence-electron chi connectivity index (χ4n) is 4.96. The van der Waals surface area contributed by atoms with Crippen molar-refractivity contribution in [2.45, 2.75) is 65.0 Å². The molecule has 0 radical (unpaired) electrons. The van der Waals surface area contributed by atoms with Gasteiger partial charge in [0.15, 0.2) is 0 Å². The number of halogens is 3. The zero-order chi connectivity index (χ0) is 27.3. The predicted molar refractivity (Wildman–Crippen MR) is 141 cm³/mol. The Bertz CT molecular complexity index is 1150. The number of carbonyl (C=O) groups is 1. The molecule has 0 unspecified atom stereocenters. The first-order valence-corrected chi connectivity index (χ1v) is 13.6. The molecule has 1 saturated heterocycles. The van der Waals surface area contributed by atoms with Crippen LogP contribution in [0.1, 0.15) is 53.6 Å². The molecule has 0 aliphatic carbocycles. The van der Waals surface area contributed by atoms with Crippen molar-refractivity contribution in [2.75, 3.05) is 24.5 Å². The highest BCUT2D eigenvalue weighted by Gasteiger charge is 2.31. The van der Waals surface area contributed by atoms with Crippen LogP contribution in [0, 0.1) is 13.8 Å². The van der Waals surface area contributed by atoms with Gasteiger partial charge in [-0.2, -0.15) is 11.3 Å². The SMILES string of the molecule is Cc1noc(C)c1C(=O)NCC[C@@H](C)N1CCC(N(Cc2ccsc2)c2ccc(OC(F)(F)F)cc2)CC1. The zero-order valence-electron chi connectivity index (χ0n) is 21.8. The van der Waals surface area contributed by atoms with Gasteiger partial charge in [-0.3, -0.25) is 4.79 Å². The van der Waals surface area contributed by atoms with Gasteiger partial charge in [0.2, 0.25) is 0 Å². The van der Waals surface area contributed by atoms with E-state index >= 15 is 0 Å². The summed E-state index contributed by atoms with van der Waals surface area (Å²) in [5, 5.41) is 10.9. The average Bonchev–Trinajstić information content (AvgIpc) is 3.51. The maximum Gasteiger partial charge on any atom is 0.573 e. The average molecular weight is 551 g/mol. The summed E-state index contributed by atoms with van der Waals surface area (Å²) in [5.41, 5.74) is 3.14. The number of benzene rings is 1. The minimum absolute atomic E-state index is 0.164. The highest BCUT2D eigenvalue weighted by molar-refractivity contribution is 7.07. The molecule has 1 atom stereocenters. The monoisotopic (exact) mass is 550 g/mol. The summed E-state index contributed by atoms with van der Waals surface area (Å²) < 4.78 is 46.9. The molecule has 1 fully saturated rings. The Balaban J connectivity index is 1.32. The highest BCUT2D eigenvalue weighted by atomic mass is 32.1. The Morgan fingerprint density at radius 2 is 1.95 bits per heavy atom. The summed E-state index contributed by atoms with van der Waals surface area (Å²) in [4.78, 5) is 17.2. The number of thiophene rings is 1. The van der Waals surface area contributed by atoms with Crippen LogP contribution < -0.4 is 15.0 Å². The lowest BCUT2D eigenvalue weighted by atomic mass is 9.99. The third-order valence-corrected chi connectivity index (χ3v) is 7.74. The van der Waals surface area contributed by atoms with E-state index in [0.717, 1.165) is 38.0 Å². The van der Waals surface area contributed by atoms with Crippen molar-refractivity contribution in [1.29, 1.82) is 0 Å². The molecule has 1 aliphatic heterocycles. The fourth-order valence-corrected chi connectivity index (χ4v) is 5.62. The molecule has 1 N–H and O–H groups in total. The lowest BCUT2D eigenvalue weighted by Gasteiger charge is -2.42. The Morgan fingerprint density at radius 3 is 2.53 bits per heavy atom. The molecule has 0 spiro atoms. The van der Waals surface area contributed by atoms with Gasteiger partial charge in [-0.25, -0.2) is 0 Å². The first-order chi connectivity index (χ1) is 18.1. The van der Waals surface area contributed by atoms with Crippen molar-refractivity contribution in [1.82, 2.24) is 15.4 Å². The van der Waals surface area contributed by atoms with Crippen LogP contribution in [0.25, 0.3) is 0 Å². The van der Waals surface area contributed by atoms with Crippen molar-refractivity contribution >= 4 is 22.9 Å². The number of likely N-dealkylation sites (tertiary alicyclic amines) is 1. The van der Waals surface area contributed by atoms with Crippen molar-refractivity contribution in [2.24, 2.45) is 0 Å². The number of hydrogen-bond donors (Lipinski definition) is 1. The van der Waals surface area contributed by atoms with Crippen LogP contribution in [0.15, 0.2) is 45.6 Å². The molecule has 206 valence electrons. The summed E-state index contributed by atoms with van der Waals surface area (Å²) in [5.74, 6) is 0.134. The number of aryl methyl sites for hydroxylation is 2.